The van der Waals surface area contributed by atoms with Crippen molar-refractivity contribution in [2.45, 2.75) is 18.2 Å². The molecule has 1 amide bonds. The predicted octanol–water partition coefficient (Wildman–Crippen LogP) is 5.34. The maximum Gasteiger partial charge on any atom is 0.326 e. The number of ether oxygens (including phenoxy) is 2. The van der Waals surface area contributed by atoms with Gasteiger partial charge in [0.1, 0.15) is 18.0 Å². The Kier molecular flexibility index (Phi) is 8.12. The van der Waals surface area contributed by atoms with Crippen LogP contribution in [0.5, 0.6) is 11.5 Å². The van der Waals surface area contributed by atoms with E-state index >= 15 is 0 Å². The zero-order chi connectivity index (χ0) is 22.1. The van der Waals surface area contributed by atoms with Crippen LogP contribution in [0.3, 0.4) is 0 Å². The quantitative estimate of drug-likeness (QED) is 0.335. The molecule has 160 valence electrons. The number of benzene rings is 3. The fourth-order valence-corrected chi connectivity index (χ4v) is 3.40. The van der Waals surface area contributed by atoms with E-state index in [1.54, 1.807) is 18.7 Å². The van der Waals surface area contributed by atoms with Crippen molar-refractivity contribution < 1.29 is 19.1 Å². The van der Waals surface area contributed by atoms with Crippen LogP contribution in [0, 0.1) is 0 Å². The predicted molar refractivity (Wildman–Crippen MR) is 124 cm³/mol. The summed E-state index contributed by atoms with van der Waals surface area (Å²) >= 11 is 1.62. The van der Waals surface area contributed by atoms with Gasteiger partial charge in [0.25, 0.3) is 0 Å². The number of nitrogens with zero attached hydrogens (tertiary/aromatic N) is 1. The number of amides is 1. The number of para-hydroxylation sites is 1. The van der Waals surface area contributed by atoms with E-state index < -0.39 is 5.97 Å². The molecule has 0 atom stereocenters. The highest BCUT2D eigenvalue weighted by atomic mass is 32.2. The number of carbonyl (C=O) groups excluding carboxylic acids is 2. The molecule has 0 N–H and O–H groups in total. The van der Waals surface area contributed by atoms with Gasteiger partial charge in [0.15, 0.2) is 0 Å². The van der Waals surface area contributed by atoms with E-state index in [9.17, 15) is 9.59 Å². The Hall–Kier alpha value is -3.25. The molecule has 3 rings (SSSR count). The minimum absolute atomic E-state index is 0.125. The molecule has 3 aromatic carbocycles. The highest BCUT2D eigenvalue weighted by molar-refractivity contribution is 7.98. The lowest BCUT2D eigenvalue weighted by molar-refractivity contribution is -0.142. The fraction of sp³-hybridized carbons (Fsp3) is 0.200. The second kappa shape index (κ2) is 11.2. The minimum Gasteiger partial charge on any atom is -0.465 e. The topological polar surface area (TPSA) is 55.8 Å². The van der Waals surface area contributed by atoms with Crippen LogP contribution in [-0.2, 0) is 20.7 Å². The SMILES string of the molecule is CCOC(=O)CN(C(=O)Cc1ccc(Oc2ccccc2)cc1)c1ccc(SC)cc1. The summed E-state index contributed by atoms with van der Waals surface area (Å²) in [7, 11) is 0. The zero-order valence-corrected chi connectivity index (χ0v) is 18.4. The van der Waals surface area contributed by atoms with Gasteiger partial charge in [0, 0.05) is 10.6 Å². The molecule has 0 bridgehead atoms. The van der Waals surface area contributed by atoms with Crippen molar-refractivity contribution in [2.75, 3.05) is 24.3 Å². The lowest BCUT2D eigenvalue weighted by Crippen LogP contribution is -2.37. The molecular weight excluding hydrogens is 410 g/mol. The summed E-state index contributed by atoms with van der Waals surface area (Å²) in [6.07, 6.45) is 2.15. The number of anilines is 1. The van der Waals surface area contributed by atoms with Crippen LogP contribution >= 0.6 is 11.8 Å². The average molecular weight is 436 g/mol. The maximum absolute atomic E-state index is 13.1. The van der Waals surface area contributed by atoms with Gasteiger partial charge in [-0.25, -0.2) is 0 Å². The van der Waals surface area contributed by atoms with Gasteiger partial charge in [-0.1, -0.05) is 30.3 Å². The lowest BCUT2D eigenvalue weighted by atomic mass is 10.1. The normalized spacial score (nSPS) is 10.4. The summed E-state index contributed by atoms with van der Waals surface area (Å²) in [5.74, 6) is 0.831. The van der Waals surface area contributed by atoms with Crippen molar-refractivity contribution >= 4 is 29.3 Å². The molecular formula is C25H25NO4S. The highest BCUT2D eigenvalue weighted by Crippen LogP contribution is 2.23. The van der Waals surface area contributed by atoms with Crippen LogP contribution in [0.2, 0.25) is 0 Å². The number of hydrogen-bond acceptors (Lipinski definition) is 5. The van der Waals surface area contributed by atoms with Gasteiger partial charge in [-0.05, 0) is 67.3 Å². The van der Waals surface area contributed by atoms with Crippen molar-refractivity contribution in [1.29, 1.82) is 0 Å². The van der Waals surface area contributed by atoms with Crippen LogP contribution in [0.25, 0.3) is 0 Å². The number of hydrogen-bond donors (Lipinski definition) is 0. The molecule has 3 aromatic rings. The first-order valence-electron chi connectivity index (χ1n) is 10.0. The minimum atomic E-state index is -0.434. The van der Waals surface area contributed by atoms with Gasteiger partial charge in [-0.3, -0.25) is 9.59 Å². The number of thioether (sulfide) groups is 1. The van der Waals surface area contributed by atoms with E-state index in [0.717, 1.165) is 16.2 Å². The van der Waals surface area contributed by atoms with Gasteiger partial charge in [-0.2, -0.15) is 0 Å². The summed E-state index contributed by atoms with van der Waals surface area (Å²) in [4.78, 5) is 27.7. The molecule has 0 radical (unpaired) electrons. The Morgan fingerprint density at radius 2 is 1.52 bits per heavy atom. The highest BCUT2D eigenvalue weighted by Gasteiger charge is 2.20. The third-order valence-electron chi connectivity index (χ3n) is 4.54. The van der Waals surface area contributed by atoms with Crippen LogP contribution < -0.4 is 9.64 Å². The molecule has 6 heteroatoms. The summed E-state index contributed by atoms with van der Waals surface area (Å²) in [6.45, 7) is 1.89. The van der Waals surface area contributed by atoms with Crippen molar-refractivity contribution in [3.63, 3.8) is 0 Å². The first-order valence-corrected chi connectivity index (χ1v) is 11.2. The summed E-state index contributed by atoms with van der Waals surface area (Å²) in [5, 5.41) is 0. The van der Waals surface area contributed by atoms with Gasteiger partial charge >= 0.3 is 5.97 Å². The molecule has 0 aliphatic heterocycles. The van der Waals surface area contributed by atoms with Crippen molar-refractivity contribution in [2.24, 2.45) is 0 Å². The van der Waals surface area contributed by atoms with Gasteiger partial charge < -0.3 is 14.4 Å². The second-order valence-corrected chi connectivity index (χ2v) is 7.60. The van der Waals surface area contributed by atoms with E-state index in [2.05, 4.69) is 0 Å². The third kappa shape index (κ3) is 6.62. The molecule has 0 aliphatic rings. The Bertz CT molecular complexity index is 988. The number of carbonyl (C=O) groups is 2. The van der Waals surface area contributed by atoms with Crippen LogP contribution in [-0.4, -0.2) is 31.3 Å². The first kappa shape index (κ1) is 22.4. The largest absolute Gasteiger partial charge is 0.465 e. The summed E-state index contributed by atoms with van der Waals surface area (Å²) in [5.41, 5.74) is 1.50. The van der Waals surface area contributed by atoms with Gasteiger partial charge in [-0.15, -0.1) is 11.8 Å². The monoisotopic (exact) mass is 435 g/mol. The fourth-order valence-electron chi connectivity index (χ4n) is 2.99. The van der Waals surface area contributed by atoms with Crippen LogP contribution in [0.1, 0.15) is 12.5 Å². The smallest absolute Gasteiger partial charge is 0.326 e. The molecule has 0 spiro atoms. The van der Waals surface area contributed by atoms with E-state index in [4.69, 9.17) is 9.47 Å². The third-order valence-corrected chi connectivity index (χ3v) is 5.28. The molecule has 0 unspecified atom stereocenters. The van der Waals surface area contributed by atoms with E-state index in [-0.39, 0.29) is 25.5 Å². The van der Waals surface area contributed by atoms with Crippen LogP contribution in [0.15, 0.2) is 83.8 Å². The maximum atomic E-state index is 13.1. The Morgan fingerprint density at radius 3 is 2.13 bits per heavy atom. The second-order valence-electron chi connectivity index (χ2n) is 6.72. The number of esters is 1. The van der Waals surface area contributed by atoms with E-state index in [1.807, 2.05) is 85.1 Å². The Labute approximate surface area is 187 Å². The molecule has 0 aliphatic carbocycles. The first-order chi connectivity index (χ1) is 15.1. The van der Waals surface area contributed by atoms with Gasteiger partial charge in [0.2, 0.25) is 5.91 Å². The standard InChI is InChI=1S/C25H25NO4S/c1-3-29-25(28)18-26(20-11-15-23(31-2)16-12-20)24(27)17-19-9-13-22(14-10-19)30-21-7-5-4-6-8-21/h4-16H,3,17-18H2,1-2H3. The Balaban J connectivity index is 1.71. The summed E-state index contributed by atoms with van der Waals surface area (Å²) < 4.78 is 10.9. The molecule has 0 fully saturated rings. The van der Waals surface area contributed by atoms with Gasteiger partial charge in [0.05, 0.1) is 13.0 Å². The van der Waals surface area contributed by atoms with E-state index in [1.165, 1.54) is 4.90 Å². The van der Waals surface area contributed by atoms with Crippen molar-refractivity contribution in [3.8, 4) is 11.5 Å². The van der Waals surface area contributed by atoms with Crippen LogP contribution in [0.4, 0.5) is 5.69 Å². The van der Waals surface area contributed by atoms with E-state index in [0.29, 0.717) is 11.4 Å². The molecule has 0 heterocycles. The number of rotatable bonds is 9. The Morgan fingerprint density at radius 1 is 0.871 bits per heavy atom. The van der Waals surface area contributed by atoms with Crippen molar-refractivity contribution in [1.82, 2.24) is 0 Å². The van der Waals surface area contributed by atoms with Crippen molar-refractivity contribution in [3.05, 3.63) is 84.4 Å². The molecule has 0 saturated heterocycles. The zero-order valence-electron chi connectivity index (χ0n) is 17.6. The average Bonchev–Trinajstić information content (AvgIpc) is 2.80. The molecule has 31 heavy (non-hydrogen) atoms. The molecule has 0 aromatic heterocycles. The lowest BCUT2D eigenvalue weighted by Gasteiger charge is -2.22. The molecule has 0 saturated carbocycles. The summed E-state index contributed by atoms with van der Waals surface area (Å²) in [6, 6.07) is 24.4. The molecule has 5 nitrogen and oxygen atoms in total.